The number of thioether (sulfide) groups is 1. The minimum Gasteiger partial charge on any atom is -0.322 e. The number of fused-ring (bicyclic) bond motifs is 1. The number of imide groups is 1. The molecule has 1 aliphatic rings. The Hall–Kier alpha value is -2.31. The average molecular weight is 361 g/mol. The van der Waals surface area contributed by atoms with Gasteiger partial charge in [0.25, 0.3) is 17.7 Å². The molecule has 1 N–H and O–H groups in total. The van der Waals surface area contributed by atoms with Crippen molar-refractivity contribution in [2.75, 3.05) is 18.6 Å². The molecule has 0 saturated carbocycles. The molecule has 0 spiro atoms. The predicted octanol–water partition coefficient (Wildman–Crippen LogP) is 3.54. The van der Waals surface area contributed by atoms with Crippen LogP contribution in [0.3, 0.4) is 0 Å². The molecule has 3 amide bonds. The first kappa shape index (κ1) is 16.5. The van der Waals surface area contributed by atoms with Crippen molar-refractivity contribution in [2.45, 2.75) is 4.90 Å². The Morgan fingerprint density at radius 1 is 1.08 bits per heavy atom. The van der Waals surface area contributed by atoms with Crippen molar-refractivity contribution in [1.29, 1.82) is 0 Å². The van der Waals surface area contributed by atoms with Crippen molar-refractivity contribution in [3.63, 3.8) is 0 Å². The van der Waals surface area contributed by atoms with Gasteiger partial charge in [0.15, 0.2) is 0 Å². The van der Waals surface area contributed by atoms with Crippen LogP contribution in [0.15, 0.2) is 41.3 Å². The molecule has 1 aliphatic heterocycles. The number of hydrogen-bond acceptors (Lipinski definition) is 4. The second-order valence-corrected chi connectivity index (χ2v) is 6.52. The molecule has 0 aromatic heterocycles. The second kappa shape index (κ2) is 6.30. The highest BCUT2D eigenvalue weighted by Crippen LogP contribution is 2.27. The average Bonchev–Trinajstić information content (AvgIpc) is 2.79. The van der Waals surface area contributed by atoms with Gasteiger partial charge in [0.05, 0.1) is 21.7 Å². The Morgan fingerprint density at radius 2 is 1.79 bits per heavy atom. The molecule has 122 valence electrons. The van der Waals surface area contributed by atoms with Gasteiger partial charge in [-0.2, -0.15) is 0 Å². The Morgan fingerprint density at radius 3 is 2.50 bits per heavy atom. The summed E-state index contributed by atoms with van der Waals surface area (Å²) in [6, 6.07) is 9.84. The summed E-state index contributed by atoms with van der Waals surface area (Å²) in [6.07, 6.45) is 1.91. The zero-order chi connectivity index (χ0) is 17.4. The molecular formula is C17H13ClN2O3S. The Kier molecular flexibility index (Phi) is 4.34. The number of anilines is 1. The van der Waals surface area contributed by atoms with E-state index in [-0.39, 0.29) is 23.3 Å². The van der Waals surface area contributed by atoms with E-state index in [9.17, 15) is 14.4 Å². The fourth-order valence-electron chi connectivity index (χ4n) is 2.44. The standard InChI is InChI=1S/C17H13ClN2O3S/c1-20-16(22)11-5-3-9(7-12(11)17(20)23)19-15(21)13-8-10(24-2)4-6-14(13)18/h3-8H,1-2H3,(H,19,21). The summed E-state index contributed by atoms with van der Waals surface area (Å²) in [7, 11) is 1.43. The SMILES string of the molecule is CSc1ccc(Cl)c(C(=O)Nc2ccc3c(c2)C(=O)N(C)C3=O)c1. The molecule has 2 aromatic rings. The highest BCUT2D eigenvalue weighted by Gasteiger charge is 2.32. The lowest BCUT2D eigenvalue weighted by Gasteiger charge is -2.09. The van der Waals surface area contributed by atoms with Crippen LogP contribution < -0.4 is 5.32 Å². The van der Waals surface area contributed by atoms with Gasteiger partial charge in [-0.05, 0) is 42.7 Å². The van der Waals surface area contributed by atoms with Gasteiger partial charge in [0, 0.05) is 17.6 Å². The summed E-state index contributed by atoms with van der Waals surface area (Å²) in [5, 5.41) is 3.06. The number of nitrogens with zero attached hydrogens (tertiary/aromatic N) is 1. The van der Waals surface area contributed by atoms with Gasteiger partial charge in [-0.15, -0.1) is 11.8 Å². The van der Waals surface area contributed by atoms with Crippen LogP contribution in [0.25, 0.3) is 0 Å². The van der Waals surface area contributed by atoms with E-state index >= 15 is 0 Å². The summed E-state index contributed by atoms with van der Waals surface area (Å²) in [4.78, 5) is 38.3. The maximum Gasteiger partial charge on any atom is 0.261 e. The molecule has 5 nitrogen and oxygen atoms in total. The Bertz CT molecular complexity index is 882. The fraction of sp³-hybridized carbons (Fsp3) is 0.118. The normalized spacial score (nSPS) is 13.2. The molecule has 0 saturated heterocycles. The molecule has 3 rings (SSSR count). The molecular weight excluding hydrogens is 348 g/mol. The van der Waals surface area contributed by atoms with Crippen LogP contribution in [-0.4, -0.2) is 35.9 Å². The van der Waals surface area contributed by atoms with Gasteiger partial charge < -0.3 is 5.32 Å². The van der Waals surface area contributed by atoms with Gasteiger partial charge in [-0.3, -0.25) is 19.3 Å². The zero-order valence-electron chi connectivity index (χ0n) is 12.9. The highest BCUT2D eigenvalue weighted by atomic mass is 35.5. The molecule has 0 atom stereocenters. The van der Waals surface area contributed by atoms with Crippen LogP contribution in [0.2, 0.25) is 5.02 Å². The summed E-state index contributed by atoms with van der Waals surface area (Å²) in [5.74, 6) is -1.10. The van der Waals surface area contributed by atoms with E-state index in [1.807, 2.05) is 12.3 Å². The first-order valence-electron chi connectivity index (χ1n) is 7.03. The van der Waals surface area contributed by atoms with E-state index < -0.39 is 0 Å². The topological polar surface area (TPSA) is 66.5 Å². The first-order valence-corrected chi connectivity index (χ1v) is 8.64. The lowest BCUT2D eigenvalue weighted by Crippen LogP contribution is -2.24. The highest BCUT2D eigenvalue weighted by molar-refractivity contribution is 7.98. The number of nitrogens with one attached hydrogen (secondary N) is 1. The number of hydrogen-bond donors (Lipinski definition) is 1. The number of rotatable bonds is 3. The molecule has 0 fully saturated rings. The van der Waals surface area contributed by atoms with E-state index in [1.54, 1.807) is 18.2 Å². The quantitative estimate of drug-likeness (QED) is 0.671. The van der Waals surface area contributed by atoms with Crippen molar-refractivity contribution < 1.29 is 14.4 Å². The van der Waals surface area contributed by atoms with Crippen molar-refractivity contribution in [1.82, 2.24) is 4.90 Å². The molecule has 24 heavy (non-hydrogen) atoms. The largest absolute Gasteiger partial charge is 0.322 e. The smallest absolute Gasteiger partial charge is 0.261 e. The number of benzene rings is 2. The Balaban J connectivity index is 1.89. The molecule has 2 aromatic carbocycles. The maximum absolute atomic E-state index is 12.4. The van der Waals surface area contributed by atoms with E-state index in [2.05, 4.69) is 5.32 Å². The maximum atomic E-state index is 12.4. The van der Waals surface area contributed by atoms with Crippen LogP contribution in [0.1, 0.15) is 31.1 Å². The van der Waals surface area contributed by atoms with Crippen LogP contribution in [-0.2, 0) is 0 Å². The van der Waals surface area contributed by atoms with Crippen LogP contribution >= 0.6 is 23.4 Å². The van der Waals surface area contributed by atoms with Gasteiger partial charge in [0.1, 0.15) is 0 Å². The van der Waals surface area contributed by atoms with Gasteiger partial charge >= 0.3 is 0 Å². The van der Waals surface area contributed by atoms with Crippen LogP contribution in [0.5, 0.6) is 0 Å². The third-order valence-electron chi connectivity index (χ3n) is 3.77. The molecule has 0 radical (unpaired) electrons. The summed E-state index contributed by atoms with van der Waals surface area (Å²) >= 11 is 7.60. The summed E-state index contributed by atoms with van der Waals surface area (Å²) < 4.78 is 0. The van der Waals surface area contributed by atoms with Crippen molar-refractivity contribution in [3.05, 3.63) is 58.1 Å². The molecule has 0 aliphatic carbocycles. The zero-order valence-corrected chi connectivity index (χ0v) is 14.5. The third kappa shape index (κ3) is 2.79. The Labute approximate surface area is 148 Å². The number of carbonyl (C=O) groups is 3. The van der Waals surface area contributed by atoms with Crippen LogP contribution in [0.4, 0.5) is 5.69 Å². The monoisotopic (exact) mass is 360 g/mol. The number of amides is 3. The number of carbonyl (C=O) groups excluding carboxylic acids is 3. The van der Waals surface area contributed by atoms with E-state index in [1.165, 1.54) is 30.9 Å². The number of halogens is 1. The molecule has 0 unspecified atom stereocenters. The van der Waals surface area contributed by atoms with Gasteiger partial charge in [0.2, 0.25) is 0 Å². The van der Waals surface area contributed by atoms with E-state index in [0.717, 1.165) is 9.80 Å². The predicted molar refractivity (Wildman–Crippen MR) is 94.1 cm³/mol. The van der Waals surface area contributed by atoms with E-state index in [0.29, 0.717) is 21.8 Å². The lowest BCUT2D eigenvalue weighted by molar-refractivity contribution is 0.0692. The minimum absolute atomic E-state index is 0.282. The third-order valence-corrected chi connectivity index (χ3v) is 4.82. The second-order valence-electron chi connectivity index (χ2n) is 5.23. The van der Waals surface area contributed by atoms with E-state index in [4.69, 9.17) is 11.6 Å². The van der Waals surface area contributed by atoms with Crippen molar-refractivity contribution in [2.24, 2.45) is 0 Å². The molecule has 1 heterocycles. The lowest BCUT2D eigenvalue weighted by atomic mass is 10.1. The van der Waals surface area contributed by atoms with Gasteiger partial charge in [-0.25, -0.2) is 0 Å². The summed E-state index contributed by atoms with van der Waals surface area (Å²) in [5.41, 5.74) is 1.40. The fourth-order valence-corrected chi connectivity index (χ4v) is 3.09. The first-order chi connectivity index (χ1) is 11.4. The van der Waals surface area contributed by atoms with Crippen molar-refractivity contribution in [3.8, 4) is 0 Å². The molecule has 7 heteroatoms. The van der Waals surface area contributed by atoms with Crippen LogP contribution in [0, 0.1) is 0 Å². The molecule has 0 bridgehead atoms. The minimum atomic E-state index is -0.381. The van der Waals surface area contributed by atoms with Gasteiger partial charge in [-0.1, -0.05) is 11.6 Å². The summed E-state index contributed by atoms with van der Waals surface area (Å²) in [6.45, 7) is 0. The van der Waals surface area contributed by atoms with Crippen molar-refractivity contribution >= 4 is 46.8 Å².